The standard InChI is InChI=1S/C18H20FNO/c1-4-15(13-6-8-14(19)9-7-13)18(21-3)16-11-12(2)5-10-17(16)20/h5-11H,4,20H2,1-3H3/b18-15-. The van der Waals surface area contributed by atoms with Gasteiger partial charge in [0, 0.05) is 16.8 Å². The summed E-state index contributed by atoms with van der Waals surface area (Å²) in [5.41, 5.74) is 10.7. The van der Waals surface area contributed by atoms with Gasteiger partial charge in [-0.05, 0) is 43.2 Å². The lowest BCUT2D eigenvalue weighted by atomic mass is 9.97. The number of anilines is 1. The van der Waals surface area contributed by atoms with Crippen LogP contribution in [0.1, 0.15) is 30.0 Å². The molecule has 21 heavy (non-hydrogen) atoms. The topological polar surface area (TPSA) is 35.2 Å². The van der Waals surface area contributed by atoms with Crippen molar-refractivity contribution in [2.75, 3.05) is 12.8 Å². The Morgan fingerprint density at radius 2 is 1.81 bits per heavy atom. The summed E-state index contributed by atoms with van der Waals surface area (Å²) in [7, 11) is 1.64. The summed E-state index contributed by atoms with van der Waals surface area (Å²) in [4.78, 5) is 0. The molecule has 0 radical (unpaired) electrons. The molecule has 0 heterocycles. The van der Waals surface area contributed by atoms with Crippen molar-refractivity contribution in [1.82, 2.24) is 0 Å². The molecule has 0 unspecified atom stereocenters. The van der Waals surface area contributed by atoms with Crippen LogP contribution in [0.3, 0.4) is 0 Å². The Hall–Kier alpha value is -2.29. The van der Waals surface area contributed by atoms with Crippen molar-refractivity contribution >= 4 is 17.0 Å². The van der Waals surface area contributed by atoms with Gasteiger partial charge in [0.05, 0.1) is 7.11 Å². The number of hydrogen-bond donors (Lipinski definition) is 1. The zero-order chi connectivity index (χ0) is 15.4. The Morgan fingerprint density at radius 1 is 1.14 bits per heavy atom. The Labute approximate surface area is 125 Å². The molecule has 3 heteroatoms. The summed E-state index contributed by atoms with van der Waals surface area (Å²) < 4.78 is 18.7. The third-order valence-electron chi connectivity index (χ3n) is 3.48. The lowest BCUT2D eigenvalue weighted by Crippen LogP contribution is -2.00. The minimum Gasteiger partial charge on any atom is -0.496 e. The second-order valence-corrected chi connectivity index (χ2v) is 4.96. The van der Waals surface area contributed by atoms with E-state index in [9.17, 15) is 4.39 Å². The maximum atomic E-state index is 13.1. The summed E-state index contributed by atoms with van der Waals surface area (Å²) >= 11 is 0. The van der Waals surface area contributed by atoms with Gasteiger partial charge in [-0.1, -0.05) is 30.7 Å². The van der Waals surface area contributed by atoms with E-state index in [1.54, 1.807) is 19.2 Å². The molecule has 2 nitrogen and oxygen atoms in total. The number of ether oxygens (including phenoxy) is 1. The second-order valence-electron chi connectivity index (χ2n) is 4.96. The fourth-order valence-corrected chi connectivity index (χ4v) is 2.41. The quantitative estimate of drug-likeness (QED) is 0.504. The van der Waals surface area contributed by atoms with Gasteiger partial charge in [-0.25, -0.2) is 4.39 Å². The van der Waals surface area contributed by atoms with E-state index in [4.69, 9.17) is 10.5 Å². The van der Waals surface area contributed by atoms with Crippen LogP contribution in [0.5, 0.6) is 0 Å². The third-order valence-corrected chi connectivity index (χ3v) is 3.48. The molecular formula is C18H20FNO. The van der Waals surface area contributed by atoms with Crippen LogP contribution in [0.25, 0.3) is 11.3 Å². The summed E-state index contributed by atoms with van der Waals surface area (Å²) in [6.45, 7) is 4.06. The summed E-state index contributed by atoms with van der Waals surface area (Å²) in [6.07, 6.45) is 0.766. The first-order valence-corrected chi connectivity index (χ1v) is 6.96. The molecule has 2 aromatic carbocycles. The number of halogens is 1. The van der Waals surface area contributed by atoms with Crippen molar-refractivity contribution in [3.8, 4) is 0 Å². The van der Waals surface area contributed by atoms with Crippen molar-refractivity contribution in [2.24, 2.45) is 0 Å². The molecule has 0 aromatic heterocycles. The van der Waals surface area contributed by atoms with E-state index in [2.05, 4.69) is 0 Å². The number of aryl methyl sites for hydroxylation is 1. The van der Waals surface area contributed by atoms with Crippen LogP contribution < -0.4 is 5.73 Å². The molecule has 0 aliphatic heterocycles. The molecule has 0 fully saturated rings. The first-order chi connectivity index (χ1) is 10.1. The van der Waals surface area contributed by atoms with Gasteiger partial charge in [0.1, 0.15) is 11.6 Å². The summed E-state index contributed by atoms with van der Waals surface area (Å²) in [5, 5.41) is 0. The maximum Gasteiger partial charge on any atom is 0.131 e. The first kappa shape index (κ1) is 15.1. The van der Waals surface area contributed by atoms with E-state index in [0.29, 0.717) is 5.69 Å². The van der Waals surface area contributed by atoms with Gasteiger partial charge in [0.15, 0.2) is 0 Å². The zero-order valence-electron chi connectivity index (χ0n) is 12.6. The summed E-state index contributed by atoms with van der Waals surface area (Å²) in [6, 6.07) is 12.3. The number of methoxy groups -OCH3 is 1. The molecule has 0 bridgehead atoms. The molecule has 2 aromatic rings. The van der Waals surface area contributed by atoms with Crippen molar-refractivity contribution < 1.29 is 9.13 Å². The maximum absolute atomic E-state index is 13.1. The van der Waals surface area contributed by atoms with Crippen molar-refractivity contribution in [1.29, 1.82) is 0 Å². The van der Waals surface area contributed by atoms with Gasteiger partial charge in [0.2, 0.25) is 0 Å². The van der Waals surface area contributed by atoms with Crippen LogP contribution in [0, 0.1) is 12.7 Å². The van der Waals surface area contributed by atoms with Crippen molar-refractivity contribution in [3.63, 3.8) is 0 Å². The molecule has 0 aliphatic rings. The minimum atomic E-state index is -0.247. The number of hydrogen-bond acceptors (Lipinski definition) is 2. The largest absolute Gasteiger partial charge is 0.496 e. The third kappa shape index (κ3) is 3.24. The Balaban J connectivity index is 2.63. The number of nitrogens with two attached hydrogens (primary N) is 1. The SMILES string of the molecule is CC/C(=C(/OC)c1cc(C)ccc1N)c1ccc(F)cc1. The van der Waals surface area contributed by atoms with Gasteiger partial charge >= 0.3 is 0 Å². The lowest BCUT2D eigenvalue weighted by Gasteiger charge is -2.16. The van der Waals surface area contributed by atoms with E-state index in [1.165, 1.54) is 12.1 Å². The van der Waals surface area contributed by atoms with Gasteiger partial charge in [-0.2, -0.15) is 0 Å². The van der Waals surface area contributed by atoms with Crippen molar-refractivity contribution in [2.45, 2.75) is 20.3 Å². The number of nitrogen functional groups attached to an aromatic ring is 1. The molecule has 0 saturated carbocycles. The molecule has 110 valence electrons. The monoisotopic (exact) mass is 285 g/mol. The van der Waals surface area contributed by atoms with Crippen LogP contribution in [0.2, 0.25) is 0 Å². The van der Waals surface area contributed by atoms with Gasteiger partial charge < -0.3 is 10.5 Å². The average molecular weight is 285 g/mol. The van der Waals surface area contributed by atoms with Crippen molar-refractivity contribution in [3.05, 3.63) is 65.0 Å². The summed E-state index contributed by atoms with van der Waals surface area (Å²) in [5.74, 6) is 0.494. The molecule has 0 saturated heterocycles. The zero-order valence-corrected chi connectivity index (χ0v) is 12.6. The molecule has 2 N–H and O–H groups in total. The molecule has 0 atom stereocenters. The highest BCUT2D eigenvalue weighted by Crippen LogP contribution is 2.32. The Morgan fingerprint density at radius 3 is 2.38 bits per heavy atom. The van der Waals surface area contributed by atoms with Crippen LogP contribution >= 0.6 is 0 Å². The van der Waals surface area contributed by atoms with Crippen LogP contribution in [-0.4, -0.2) is 7.11 Å². The minimum absolute atomic E-state index is 0.247. The molecule has 0 aliphatic carbocycles. The van der Waals surface area contributed by atoms with Gasteiger partial charge in [0.25, 0.3) is 0 Å². The number of benzene rings is 2. The predicted molar refractivity (Wildman–Crippen MR) is 86.1 cm³/mol. The fraction of sp³-hybridized carbons (Fsp3) is 0.222. The smallest absolute Gasteiger partial charge is 0.131 e. The second kappa shape index (κ2) is 6.44. The average Bonchev–Trinajstić information content (AvgIpc) is 2.49. The number of allylic oxidation sites excluding steroid dienone is 1. The van der Waals surface area contributed by atoms with E-state index in [0.717, 1.165) is 34.4 Å². The van der Waals surface area contributed by atoms with E-state index >= 15 is 0 Å². The first-order valence-electron chi connectivity index (χ1n) is 6.96. The highest BCUT2D eigenvalue weighted by molar-refractivity contribution is 5.90. The Kier molecular flexibility index (Phi) is 4.63. The van der Waals surface area contributed by atoms with Crippen LogP contribution in [-0.2, 0) is 4.74 Å². The van der Waals surface area contributed by atoms with Crippen LogP contribution in [0.4, 0.5) is 10.1 Å². The van der Waals surface area contributed by atoms with E-state index in [-0.39, 0.29) is 5.82 Å². The molecular weight excluding hydrogens is 265 g/mol. The van der Waals surface area contributed by atoms with E-state index in [1.807, 2.05) is 32.0 Å². The highest BCUT2D eigenvalue weighted by Gasteiger charge is 2.14. The predicted octanol–water partition coefficient (Wildman–Crippen LogP) is 4.64. The lowest BCUT2D eigenvalue weighted by molar-refractivity contribution is 0.371. The fourth-order valence-electron chi connectivity index (χ4n) is 2.41. The molecule has 0 amide bonds. The van der Waals surface area contributed by atoms with Crippen LogP contribution in [0.15, 0.2) is 42.5 Å². The van der Waals surface area contributed by atoms with E-state index < -0.39 is 0 Å². The number of rotatable bonds is 4. The molecule has 2 rings (SSSR count). The Bertz CT molecular complexity index is 659. The van der Waals surface area contributed by atoms with Gasteiger partial charge in [-0.15, -0.1) is 0 Å². The highest BCUT2D eigenvalue weighted by atomic mass is 19.1. The normalized spacial score (nSPS) is 12.0. The van der Waals surface area contributed by atoms with Gasteiger partial charge in [-0.3, -0.25) is 0 Å². The molecule has 0 spiro atoms.